The van der Waals surface area contributed by atoms with Crippen LogP contribution in [0.5, 0.6) is 0 Å². The molecule has 0 aromatic rings. The van der Waals surface area contributed by atoms with Gasteiger partial charge in [0.2, 0.25) is 0 Å². The molecule has 1 saturated heterocycles. The highest BCUT2D eigenvalue weighted by Crippen LogP contribution is 2.15. The molecule has 0 spiro atoms. The van der Waals surface area contributed by atoms with E-state index in [-0.39, 0.29) is 11.6 Å². The first kappa shape index (κ1) is 10.9. The molecule has 0 aliphatic carbocycles. The third kappa shape index (κ3) is 3.61. The van der Waals surface area contributed by atoms with Crippen LogP contribution in [0.15, 0.2) is 0 Å². The van der Waals surface area contributed by atoms with Crippen molar-refractivity contribution in [3.8, 4) is 0 Å². The second-order valence-electron chi connectivity index (χ2n) is 5.07. The highest BCUT2D eigenvalue weighted by molar-refractivity contribution is 4.88. The van der Waals surface area contributed by atoms with Gasteiger partial charge in [0.05, 0.1) is 0 Å². The Morgan fingerprint density at radius 2 is 2.00 bits per heavy atom. The fraction of sp³-hybridized carbons (Fsp3) is 1.00. The molecule has 0 unspecified atom stereocenters. The van der Waals surface area contributed by atoms with Crippen LogP contribution in [0.1, 0.15) is 27.2 Å². The number of rotatable bonds is 1. The number of hydrogen-bond donors (Lipinski definition) is 1. The monoisotopic (exact) mass is 188 g/mol. The summed E-state index contributed by atoms with van der Waals surface area (Å²) >= 11 is 0. The molecule has 78 valence electrons. The van der Waals surface area contributed by atoms with Gasteiger partial charge in [-0.3, -0.25) is 0 Å². The molecule has 1 fully saturated rings. The SMILES string of the molecule is CN1CC[C@@H](NC(C)(C)C)[C@@H](F)C1. The van der Waals surface area contributed by atoms with Gasteiger partial charge in [-0.05, 0) is 40.8 Å². The minimum atomic E-state index is -0.724. The number of piperidine rings is 1. The van der Waals surface area contributed by atoms with Crippen LogP contribution in [0.4, 0.5) is 4.39 Å². The van der Waals surface area contributed by atoms with Crippen LogP contribution in [0.25, 0.3) is 0 Å². The van der Waals surface area contributed by atoms with Crippen molar-refractivity contribution in [1.82, 2.24) is 10.2 Å². The van der Waals surface area contributed by atoms with E-state index in [4.69, 9.17) is 0 Å². The Labute approximate surface area is 80.5 Å². The van der Waals surface area contributed by atoms with Gasteiger partial charge in [-0.15, -0.1) is 0 Å². The average Bonchev–Trinajstić information content (AvgIpc) is 1.93. The van der Waals surface area contributed by atoms with Crippen LogP contribution in [0, 0.1) is 0 Å². The van der Waals surface area contributed by atoms with Crippen LogP contribution in [-0.4, -0.2) is 42.8 Å². The van der Waals surface area contributed by atoms with Crippen LogP contribution in [-0.2, 0) is 0 Å². The molecule has 1 rings (SSSR count). The Kier molecular flexibility index (Phi) is 3.30. The highest BCUT2D eigenvalue weighted by Gasteiger charge is 2.29. The molecule has 0 aromatic heterocycles. The Morgan fingerprint density at radius 1 is 1.38 bits per heavy atom. The van der Waals surface area contributed by atoms with Crippen molar-refractivity contribution >= 4 is 0 Å². The molecule has 0 saturated carbocycles. The summed E-state index contributed by atoms with van der Waals surface area (Å²) in [5.74, 6) is 0. The Bertz CT molecular complexity index is 165. The standard InChI is InChI=1S/C10H21FN2/c1-10(2,3)12-9-5-6-13(4)7-8(9)11/h8-9,12H,5-7H2,1-4H3/t8-,9+/m0/s1. The summed E-state index contributed by atoms with van der Waals surface area (Å²) in [4.78, 5) is 2.05. The van der Waals surface area contributed by atoms with Crippen molar-refractivity contribution in [2.24, 2.45) is 0 Å². The first-order chi connectivity index (χ1) is 5.88. The molecule has 1 aliphatic heterocycles. The molecule has 0 bridgehead atoms. The smallest absolute Gasteiger partial charge is 0.128 e. The summed E-state index contributed by atoms with van der Waals surface area (Å²) in [6.07, 6.45) is 0.188. The Balaban J connectivity index is 2.43. The van der Waals surface area contributed by atoms with E-state index in [2.05, 4.69) is 26.1 Å². The van der Waals surface area contributed by atoms with Crippen LogP contribution >= 0.6 is 0 Å². The van der Waals surface area contributed by atoms with E-state index in [1.54, 1.807) is 0 Å². The molecule has 0 radical (unpaired) electrons. The molecular formula is C10H21FN2. The zero-order valence-electron chi connectivity index (χ0n) is 9.10. The summed E-state index contributed by atoms with van der Waals surface area (Å²) in [5.41, 5.74) is 0.0188. The van der Waals surface area contributed by atoms with E-state index in [1.165, 1.54) is 0 Å². The van der Waals surface area contributed by atoms with Gasteiger partial charge in [0.25, 0.3) is 0 Å². The van der Waals surface area contributed by atoms with Gasteiger partial charge in [0.15, 0.2) is 0 Å². The maximum Gasteiger partial charge on any atom is 0.128 e. The molecule has 1 N–H and O–H groups in total. The minimum absolute atomic E-state index is 0.0188. The Hall–Kier alpha value is -0.150. The molecule has 2 atom stereocenters. The lowest BCUT2D eigenvalue weighted by Gasteiger charge is -2.37. The van der Waals surface area contributed by atoms with Gasteiger partial charge in [0, 0.05) is 18.1 Å². The number of likely N-dealkylation sites (tertiary alicyclic amines) is 1. The number of halogens is 1. The Morgan fingerprint density at radius 3 is 2.46 bits per heavy atom. The minimum Gasteiger partial charge on any atom is -0.306 e. The molecule has 1 heterocycles. The summed E-state index contributed by atoms with van der Waals surface area (Å²) in [6, 6.07) is 0.0381. The molecule has 0 amide bonds. The fourth-order valence-corrected chi connectivity index (χ4v) is 1.78. The number of hydrogen-bond acceptors (Lipinski definition) is 2. The van der Waals surface area contributed by atoms with E-state index in [0.717, 1.165) is 13.0 Å². The van der Waals surface area contributed by atoms with E-state index in [0.29, 0.717) is 6.54 Å². The highest BCUT2D eigenvalue weighted by atomic mass is 19.1. The van der Waals surface area contributed by atoms with Crippen molar-refractivity contribution < 1.29 is 4.39 Å². The molecule has 0 aromatic carbocycles. The van der Waals surface area contributed by atoms with E-state index in [1.807, 2.05) is 11.9 Å². The van der Waals surface area contributed by atoms with Gasteiger partial charge in [0.1, 0.15) is 6.17 Å². The molecular weight excluding hydrogens is 167 g/mol. The van der Waals surface area contributed by atoms with Crippen molar-refractivity contribution in [3.05, 3.63) is 0 Å². The van der Waals surface area contributed by atoms with Gasteiger partial charge in [-0.25, -0.2) is 4.39 Å². The topological polar surface area (TPSA) is 15.3 Å². The summed E-state index contributed by atoms with van der Waals surface area (Å²) in [5, 5.41) is 3.33. The van der Waals surface area contributed by atoms with Crippen LogP contribution < -0.4 is 5.32 Å². The molecule has 1 aliphatic rings. The normalized spacial score (nSPS) is 32.1. The van der Waals surface area contributed by atoms with Gasteiger partial charge < -0.3 is 10.2 Å². The van der Waals surface area contributed by atoms with Crippen molar-refractivity contribution in [2.75, 3.05) is 20.1 Å². The molecule has 3 heteroatoms. The maximum atomic E-state index is 13.5. The average molecular weight is 188 g/mol. The predicted octanol–water partition coefficient (Wildman–Crippen LogP) is 1.42. The van der Waals surface area contributed by atoms with Crippen LogP contribution in [0.3, 0.4) is 0 Å². The van der Waals surface area contributed by atoms with Crippen molar-refractivity contribution in [1.29, 1.82) is 0 Å². The van der Waals surface area contributed by atoms with Crippen molar-refractivity contribution in [3.63, 3.8) is 0 Å². The van der Waals surface area contributed by atoms with Gasteiger partial charge in [-0.1, -0.05) is 0 Å². The van der Waals surface area contributed by atoms with Gasteiger partial charge >= 0.3 is 0 Å². The molecule has 13 heavy (non-hydrogen) atoms. The number of nitrogens with zero attached hydrogens (tertiary/aromatic N) is 1. The zero-order valence-corrected chi connectivity index (χ0v) is 9.10. The largest absolute Gasteiger partial charge is 0.306 e. The van der Waals surface area contributed by atoms with E-state index in [9.17, 15) is 4.39 Å². The third-order valence-electron chi connectivity index (χ3n) is 2.36. The first-order valence-electron chi connectivity index (χ1n) is 4.99. The number of nitrogens with one attached hydrogen (secondary N) is 1. The quantitative estimate of drug-likeness (QED) is 0.669. The fourth-order valence-electron chi connectivity index (χ4n) is 1.78. The zero-order chi connectivity index (χ0) is 10.1. The number of alkyl halides is 1. The molecule has 2 nitrogen and oxygen atoms in total. The third-order valence-corrected chi connectivity index (χ3v) is 2.36. The van der Waals surface area contributed by atoms with E-state index >= 15 is 0 Å². The summed E-state index contributed by atoms with van der Waals surface area (Å²) in [7, 11) is 1.97. The predicted molar refractivity (Wildman–Crippen MR) is 53.7 cm³/mol. The lowest BCUT2D eigenvalue weighted by molar-refractivity contribution is 0.108. The second kappa shape index (κ2) is 3.93. The van der Waals surface area contributed by atoms with Crippen LogP contribution in [0.2, 0.25) is 0 Å². The van der Waals surface area contributed by atoms with Crippen molar-refractivity contribution in [2.45, 2.75) is 44.9 Å². The van der Waals surface area contributed by atoms with Gasteiger partial charge in [-0.2, -0.15) is 0 Å². The first-order valence-corrected chi connectivity index (χ1v) is 4.99. The lowest BCUT2D eigenvalue weighted by Crippen LogP contribution is -2.54. The summed E-state index contributed by atoms with van der Waals surface area (Å²) < 4.78 is 13.5. The second-order valence-corrected chi connectivity index (χ2v) is 5.07. The maximum absolute atomic E-state index is 13.5. The summed E-state index contributed by atoms with van der Waals surface area (Å²) in [6.45, 7) is 7.80. The lowest BCUT2D eigenvalue weighted by atomic mass is 9.99. The van der Waals surface area contributed by atoms with E-state index < -0.39 is 6.17 Å².